The number of hydrogen-bond acceptors (Lipinski definition) is 3. The Bertz CT molecular complexity index is 1070. The largest absolute Gasteiger partial charge is 0.497 e. The fourth-order valence-electron chi connectivity index (χ4n) is 4.20. The summed E-state index contributed by atoms with van der Waals surface area (Å²) in [4.78, 5) is 17.5. The third-order valence-electron chi connectivity index (χ3n) is 5.90. The van der Waals surface area contributed by atoms with E-state index in [0.29, 0.717) is 36.5 Å². The number of halogens is 2. The minimum atomic E-state index is -0.571. The van der Waals surface area contributed by atoms with Crippen LogP contribution in [0.5, 0.6) is 5.75 Å². The van der Waals surface area contributed by atoms with Crippen molar-refractivity contribution in [1.29, 1.82) is 0 Å². The molecule has 0 radical (unpaired) electrons. The van der Waals surface area contributed by atoms with Gasteiger partial charge in [-0.05, 0) is 43.2 Å². The summed E-state index contributed by atoms with van der Waals surface area (Å²) < 4.78 is 32.6. The smallest absolute Gasteiger partial charge is 0.258 e. The average molecular weight is 437 g/mol. The molecule has 3 aromatic rings. The molecule has 1 aliphatic rings. The van der Waals surface area contributed by atoms with Gasteiger partial charge in [-0.3, -0.25) is 9.69 Å². The van der Waals surface area contributed by atoms with Crippen molar-refractivity contribution in [2.45, 2.75) is 25.4 Å². The number of benzene rings is 3. The van der Waals surface area contributed by atoms with Crippen LogP contribution in [-0.2, 0) is 6.54 Å². The van der Waals surface area contributed by atoms with Crippen LogP contribution >= 0.6 is 0 Å². The second-order valence-corrected chi connectivity index (χ2v) is 7.99. The predicted molar refractivity (Wildman–Crippen MR) is 121 cm³/mol. The molecule has 0 aliphatic carbocycles. The maximum atomic E-state index is 14.1. The minimum absolute atomic E-state index is 0.00382. The molecule has 32 heavy (non-hydrogen) atoms. The molecule has 1 amide bonds. The van der Waals surface area contributed by atoms with E-state index in [1.54, 1.807) is 7.11 Å². The van der Waals surface area contributed by atoms with Crippen LogP contribution in [-0.4, -0.2) is 37.0 Å². The molecule has 166 valence electrons. The minimum Gasteiger partial charge on any atom is -0.497 e. The number of hydrogen-bond donors (Lipinski definition) is 0. The zero-order valence-electron chi connectivity index (χ0n) is 18.0. The van der Waals surface area contributed by atoms with Crippen LogP contribution < -0.4 is 9.64 Å². The first kappa shape index (κ1) is 22.0. The van der Waals surface area contributed by atoms with Crippen molar-refractivity contribution in [2.75, 3.05) is 25.1 Å². The van der Waals surface area contributed by atoms with Crippen molar-refractivity contribution in [3.8, 4) is 5.75 Å². The van der Waals surface area contributed by atoms with Gasteiger partial charge >= 0.3 is 0 Å². The highest BCUT2D eigenvalue weighted by Gasteiger charge is 2.30. The Morgan fingerprint density at radius 1 is 1.00 bits per heavy atom. The zero-order valence-corrected chi connectivity index (χ0v) is 18.0. The fraction of sp³-hybridized carbons (Fsp3) is 0.269. The van der Waals surface area contributed by atoms with Gasteiger partial charge in [-0.15, -0.1) is 0 Å². The monoisotopic (exact) mass is 436 g/mol. The van der Waals surface area contributed by atoms with Gasteiger partial charge < -0.3 is 9.64 Å². The van der Waals surface area contributed by atoms with E-state index in [9.17, 15) is 13.6 Å². The first-order chi connectivity index (χ1) is 15.5. The Morgan fingerprint density at radius 3 is 2.44 bits per heavy atom. The molecule has 1 heterocycles. The number of amides is 1. The van der Waals surface area contributed by atoms with Crippen LogP contribution in [0.4, 0.5) is 14.5 Å². The number of piperidine rings is 1. The Balaban J connectivity index is 1.52. The van der Waals surface area contributed by atoms with E-state index < -0.39 is 11.6 Å². The van der Waals surface area contributed by atoms with Crippen LogP contribution in [0.25, 0.3) is 0 Å². The van der Waals surface area contributed by atoms with Crippen molar-refractivity contribution in [3.05, 3.63) is 95.6 Å². The molecule has 1 saturated heterocycles. The van der Waals surface area contributed by atoms with E-state index in [1.807, 2.05) is 59.5 Å². The Kier molecular flexibility index (Phi) is 6.81. The number of ether oxygens (including phenoxy) is 1. The summed E-state index contributed by atoms with van der Waals surface area (Å²) in [6.45, 7) is 1.85. The lowest BCUT2D eigenvalue weighted by Crippen LogP contribution is -2.47. The van der Waals surface area contributed by atoms with Crippen molar-refractivity contribution in [1.82, 2.24) is 4.90 Å². The quantitative estimate of drug-likeness (QED) is 0.527. The molecule has 1 fully saturated rings. The topological polar surface area (TPSA) is 32.8 Å². The predicted octanol–water partition coefficient (Wildman–Crippen LogP) is 5.28. The van der Waals surface area contributed by atoms with Crippen LogP contribution in [0.1, 0.15) is 28.8 Å². The second-order valence-electron chi connectivity index (χ2n) is 7.99. The number of carbonyl (C=O) groups excluding carboxylic acids is 1. The third-order valence-corrected chi connectivity index (χ3v) is 5.90. The molecule has 0 atom stereocenters. The lowest BCUT2D eigenvalue weighted by atomic mass is 10.00. The van der Waals surface area contributed by atoms with E-state index in [4.69, 9.17) is 4.74 Å². The third kappa shape index (κ3) is 4.97. The van der Waals surface area contributed by atoms with Gasteiger partial charge in [0.1, 0.15) is 17.4 Å². The molecular weight excluding hydrogens is 410 g/mol. The van der Waals surface area contributed by atoms with Crippen LogP contribution in [0.15, 0.2) is 72.8 Å². The van der Waals surface area contributed by atoms with Crippen molar-refractivity contribution in [3.63, 3.8) is 0 Å². The molecular formula is C26H26F2N2O2. The van der Waals surface area contributed by atoms with Crippen LogP contribution in [0, 0.1) is 11.6 Å². The fourth-order valence-corrected chi connectivity index (χ4v) is 4.20. The van der Waals surface area contributed by atoms with Crippen molar-refractivity contribution >= 4 is 11.6 Å². The SMILES string of the molecule is COc1cccc(N(C(=O)c2ccccc2)C2CCN(Cc3ccc(F)cc3F)CC2)c1. The second kappa shape index (κ2) is 9.92. The first-order valence-corrected chi connectivity index (χ1v) is 10.7. The highest BCUT2D eigenvalue weighted by atomic mass is 19.1. The number of anilines is 1. The molecule has 0 saturated carbocycles. The summed E-state index contributed by atoms with van der Waals surface area (Å²) in [5, 5.41) is 0. The van der Waals surface area contributed by atoms with Gasteiger partial charge in [-0.2, -0.15) is 0 Å². The number of carbonyl (C=O) groups is 1. The Hall–Kier alpha value is -3.25. The highest BCUT2D eigenvalue weighted by molar-refractivity contribution is 6.06. The normalized spacial score (nSPS) is 14.8. The molecule has 4 rings (SSSR count). The summed E-state index contributed by atoms with van der Waals surface area (Å²) in [5.74, 6) is -0.456. The van der Waals surface area contributed by atoms with E-state index >= 15 is 0 Å². The standard InChI is InChI=1S/C26H26F2N2O2/c1-32-24-9-5-8-23(17-24)30(26(31)19-6-3-2-4-7-19)22-12-14-29(15-13-22)18-20-10-11-21(27)16-25(20)28/h2-11,16-17,22H,12-15,18H2,1H3. The van der Waals surface area contributed by atoms with Crippen molar-refractivity contribution < 1.29 is 18.3 Å². The maximum Gasteiger partial charge on any atom is 0.258 e. The Morgan fingerprint density at radius 2 is 1.75 bits per heavy atom. The summed E-state index contributed by atoms with van der Waals surface area (Å²) >= 11 is 0. The van der Waals surface area contributed by atoms with Gasteiger partial charge in [0, 0.05) is 54.6 Å². The van der Waals surface area contributed by atoms with E-state index in [2.05, 4.69) is 4.90 Å². The van der Waals surface area contributed by atoms with Gasteiger partial charge in [0.25, 0.3) is 5.91 Å². The molecule has 0 N–H and O–H groups in total. The molecule has 0 aromatic heterocycles. The van der Waals surface area contributed by atoms with Gasteiger partial charge in [0.2, 0.25) is 0 Å². The zero-order chi connectivity index (χ0) is 22.5. The average Bonchev–Trinajstić information content (AvgIpc) is 2.83. The summed E-state index contributed by atoms with van der Waals surface area (Å²) in [7, 11) is 1.61. The summed E-state index contributed by atoms with van der Waals surface area (Å²) in [5.41, 5.74) is 1.90. The van der Waals surface area contributed by atoms with Gasteiger partial charge in [0.15, 0.2) is 0 Å². The van der Waals surface area contributed by atoms with E-state index in [-0.39, 0.29) is 11.9 Å². The first-order valence-electron chi connectivity index (χ1n) is 10.7. The van der Waals surface area contributed by atoms with Crippen LogP contribution in [0.2, 0.25) is 0 Å². The maximum absolute atomic E-state index is 14.1. The number of likely N-dealkylation sites (tertiary alicyclic amines) is 1. The number of rotatable bonds is 6. The lowest BCUT2D eigenvalue weighted by molar-refractivity contribution is 0.0958. The number of methoxy groups -OCH3 is 1. The van der Waals surface area contributed by atoms with Gasteiger partial charge in [-0.1, -0.05) is 30.3 Å². The van der Waals surface area contributed by atoms with E-state index in [1.165, 1.54) is 12.1 Å². The van der Waals surface area contributed by atoms with Gasteiger partial charge in [0.05, 0.1) is 7.11 Å². The van der Waals surface area contributed by atoms with Gasteiger partial charge in [-0.25, -0.2) is 8.78 Å². The molecule has 1 aliphatic heterocycles. The molecule has 0 bridgehead atoms. The van der Waals surface area contributed by atoms with E-state index in [0.717, 1.165) is 24.6 Å². The molecule has 4 nitrogen and oxygen atoms in total. The molecule has 3 aromatic carbocycles. The summed E-state index contributed by atoms with van der Waals surface area (Å²) in [6.07, 6.45) is 1.50. The lowest BCUT2D eigenvalue weighted by Gasteiger charge is -2.38. The summed E-state index contributed by atoms with van der Waals surface area (Å²) in [6, 6.07) is 20.5. The highest BCUT2D eigenvalue weighted by Crippen LogP contribution is 2.29. The van der Waals surface area contributed by atoms with Crippen molar-refractivity contribution in [2.24, 2.45) is 0 Å². The Labute approximate surface area is 187 Å². The van der Waals surface area contributed by atoms with Crippen LogP contribution in [0.3, 0.4) is 0 Å². The number of nitrogens with zero attached hydrogens (tertiary/aromatic N) is 2. The molecule has 0 spiro atoms. The molecule has 0 unspecified atom stereocenters. The molecule has 6 heteroatoms.